The maximum absolute atomic E-state index is 14.4. The molecule has 1 aliphatic carbocycles. The van der Waals surface area contributed by atoms with E-state index >= 15 is 0 Å². The van der Waals surface area contributed by atoms with Gasteiger partial charge < -0.3 is 29.5 Å². The lowest BCUT2D eigenvalue weighted by Crippen LogP contribution is -2.65. The van der Waals surface area contributed by atoms with Crippen LogP contribution in [0.3, 0.4) is 0 Å². The first-order chi connectivity index (χ1) is 22.9. The van der Waals surface area contributed by atoms with E-state index in [1.807, 2.05) is 4.90 Å². The molecule has 4 amide bonds. The van der Waals surface area contributed by atoms with Crippen molar-refractivity contribution in [3.05, 3.63) is 52.2 Å². The van der Waals surface area contributed by atoms with Crippen molar-refractivity contribution in [3.8, 4) is 0 Å². The summed E-state index contributed by atoms with van der Waals surface area (Å²) in [5.74, 6) is -1.65. The molecule has 1 aromatic carbocycles. The number of nitrogens with one attached hydrogen (secondary N) is 1. The largest absolute Gasteiger partial charge is 0.384 e. The van der Waals surface area contributed by atoms with Crippen LogP contribution >= 0.6 is 11.3 Å². The zero-order valence-corrected chi connectivity index (χ0v) is 29.0. The van der Waals surface area contributed by atoms with Crippen LogP contribution in [0.15, 0.2) is 36.0 Å². The van der Waals surface area contributed by atoms with Gasteiger partial charge in [-0.3, -0.25) is 24.2 Å². The van der Waals surface area contributed by atoms with E-state index in [0.29, 0.717) is 49.8 Å². The van der Waals surface area contributed by atoms with Gasteiger partial charge in [-0.2, -0.15) is 0 Å². The molecule has 4 heterocycles. The summed E-state index contributed by atoms with van der Waals surface area (Å²) in [6.07, 6.45) is 3.33. The number of likely N-dealkylation sites (tertiary alicyclic amines) is 3. The molecular weight excluding hydrogens is 637 g/mol. The number of aromatic nitrogens is 1. The second-order valence-electron chi connectivity index (χ2n) is 14.7. The van der Waals surface area contributed by atoms with E-state index in [1.165, 1.54) is 23.6 Å². The van der Waals surface area contributed by atoms with Crippen LogP contribution < -0.4 is 5.32 Å². The first-order valence-corrected chi connectivity index (χ1v) is 17.7. The van der Waals surface area contributed by atoms with Gasteiger partial charge in [-0.1, -0.05) is 32.0 Å². The van der Waals surface area contributed by atoms with Crippen molar-refractivity contribution in [1.82, 2.24) is 25.0 Å². The van der Waals surface area contributed by atoms with Crippen LogP contribution in [0.4, 0.5) is 4.39 Å². The Morgan fingerprint density at radius 2 is 1.81 bits per heavy atom. The summed E-state index contributed by atoms with van der Waals surface area (Å²) in [5.41, 5.74) is 1.29. The van der Waals surface area contributed by atoms with Gasteiger partial charge in [0.05, 0.1) is 36.9 Å². The Kier molecular flexibility index (Phi) is 9.93. The number of ether oxygens (including phenoxy) is 2. The number of halogens is 1. The van der Waals surface area contributed by atoms with Gasteiger partial charge in [0.25, 0.3) is 5.91 Å². The molecule has 11 nitrogen and oxygen atoms in total. The SMILES string of the molecule is COC[C@H]1CCCN(C(=O)[C@@H](NC(=O)[C@@H]2CN(C(=O)c3cncs3)CC23CN(C(=O)[C@H]2CC2(C)C)C3)[C@@H](C)OCc2ccccc2F)C1. The van der Waals surface area contributed by atoms with Crippen molar-refractivity contribution in [2.24, 2.45) is 28.6 Å². The Morgan fingerprint density at radius 1 is 1.08 bits per heavy atom. The summed E-state index contributed by atoms with van der Waals surface area (Å²) in [6, 6.07) is 5.26. The molecule has 6 rings (SSSR count). The van der Waals surface area contributed by atoms with E-state index in [0.717, 1.165) is 19.3 Å². The first kappa shape index (κ1) is 34.4. The topological polar surface area (TPSA) is 121 Å². The first-order valence-electron chi connectivity index (χ1n) is 16.8. The van der Waals surface area contributed by atoms with Crippen molar-refractivity contribution in [1.29, 1.82) is 0 Å². The highest BCUT2D eigenvalue weighted by molar-refractivity contribution is 7.11. The summed E-state index contributed by atoms with van der Waals surface area (Å²) in [6.45, 7) is 8.59. The monoisotopic (exact) mass is 683 g/mol. The standard InChI is InChI=1S/C35H46FN5O6S/c1-22(47-17-24-9-5-6-10-27(24)36)29(33(45)39-11-7-8-23(14-39)16-46-4)38-30(42)26-15-40(32(44)28-13-37-21-48-28)18-35(26)19-41(20-35)31(43)25-12-34(25,2)3/h5-6,9-10,13,21-23,25-26,29H,7-8,11-12,14-20H2,1-4H3,(H,38,42)/t22-,23+,25-,26+,29+/m1/s1. The number of benzene rings is 1. The van der Waals surface area contributed by atoms with E-state index in [4.69, 9.17) is 9.47 Å². The fourth-order valence-corrected chi connectivity index (χ4v) is 8.25. The maximum Gasteiger partial charge on any atom is 0.265 e. The average Bonchev–Trinajstić information content (AvgIpc) is 3.40. The molecule has 1 N–H and O–H groups in total. The molecule has 1 spiro atoms. The Hall–Kier alpha value is -3.42. The molecule has 2 aromatic rings. The van der Waals surface area contributed by atoms with Crippen LogP contribution in [0.1, 0.15) is 55.3 Å². The molecule has 1 saturated carbocycles. The smallest absolute Gasteiger partial charge is 0.265 e. The Balaban J connectivity index is 1.22. The second kappa shape index (κ2) is 13.8. The van der Waals surface area contributed by atoms with Crippen LogP contribution in [0, 0.1) is 34.4 Å². The molecule has 3 aliphatic heterocycles. The third-order valence-corrected chi connectivity index (χ3v) is 11.5. The highest BCUT2D eigenvalue weighted by atomic mass is 32.1. The summed E-state index contributed by atoms with van der Waals surface area (Å²) in [4.78, 5) is 65.0. The summed E-state index contributed by atoms with van der Waals surface area (Å²) < 4.78 is 25.9. The quantitative estimate of drug-likeness (QED) is 0.386. The van der Waals surface area contributed by atoms with Gasteiger partial charge in [0.15, 0.2) is 0 Å². The number of hydrogen-bond acceptors (Lipinski definition) is 8. The molecule has 4 aliphatic rings. The molecule has 4 fully saturated rings. The molecule has 1 aromatic heterocycles. The molecule has 48 heavy (non-hydrogen) atoms. The Labute approximate surface area is 285 Å². The molecule has 0 radical (unpaired) electrons. The zero-order chi connectivity index (χ0) is 34.2. The minimum atomic E-state index is -1.04. The Bertz CT molecular complexity index is 1510. The lowest BCUT2D eigenvalue weighted by atomic mass is 9.70. The van der Waals surface area contributed by atoms with Gasteiger partial charge in [-0.15, -0.1) is 11.3 Å². The van der Waals surface area contributed by atoms with Crippen molar-refractivity contribution < 1.29 is 33.0 Å². The maximum atomic E-state index is 14.4. The van der Waals surface area contributed by atoms with E-state index in [1.54, 1.807) is 47.5 Å². The number of rotatable bonds is 11. The predicted molar refractivity (Wildman–Crippen MR) is 176 cm³/mol. The summed E-state index contributed by atoms with van der Waals surface area (Å²) in [5, 5.41) is 3.03. The van der Waals surface area contributed by atoms with Gasteiger partial charge in [-0.05, 0) is 43.6 Å². The fourth-order valence-electron chi connectivity index (χ4n) is 7.66. The number of piperidine rings is 1. The van der Waals surface area contributed by atoms with E-state index in [2.05, 4.69) is 24.1 Å². The molecule has 0 bridgehead atoms. The number of carbonyl (C=O) groups is 4. The minimum Gasteiger partial charge on any atom is -0.384 e. The normalized spacial score (nSPS) is 25.4. The number of carbonyl (C=O) groups excluding carboxylic acids is 4. The highest BCUT2D eigenvalue weighted by Gasteiger charge is 2.62. The zero-order valence-electron chi connectivity index (χ0n) is 28.2. The van der Waals surface area contributed by atoms with Crippen LogP contribution in [0.2, 0.25) is 0 Å². The highest BCUT2D eigenvalue weighted by Crippen LogP contribution is 2.54. The van der Waals surface area contributed by atoms with Gasteiger partial charge in [-0.25, -0.2) is 4.39 Å². The van der Waals surface area contributed by atoms with Gasteiger partial charge in [0, 0.05) is 63.3 Å². The minimum absolute atomic E-state index is 0.0242. The van der Waals surface area contributed by atoms with E-state index < -0.39 is 29.3 Å². The van der Waals surface area contributed by atoms with Crippen LogP contribution in [0.5, 0.6) is 0 Å². The Morgan fingerprint density at radius 3 is 2.48 bits per heavy atom. The predicted octanol–water partition coefficient (Wildman–Crippen LogP) is 3.20. The second-order valence-corrected chi connectivity index (χ2v) is 15.6. The molecular formula is C35H46FN5O6S. The number of nitrogens with zero attached hydrogens (tertiary/aromatic N) is 4. The summed E-state index contributed by atoms with van der Waals surface area (Å²) >= 11 is 1.24. The van der Waals surface area contributed by atoms with Crippen molar-refractivity contribution in [2.45, 2.75) is 58.8 Å². The molecule has 0 unspecified atom stereocenters. The van der Waals surface area contributed by atoms with E-state index in [-0.39, 0.29) is 54.0 Å². The van der Waals surface area contributed by atoms with Crippen LogP contribution in [0.25, 0.3) is 0 Å². The third kappa shape index (κ3) is 7.00. The average molecular weight is 684 g/mol. The number of methoxy groups -OCH3 is 1. The van der Waals surface area contributed by atoms with Crippen LogP contribution in [-0.2, 0) is 30.5 Å². The molecule has 13 heteroatoms. The number of thiazole rings is 1. The molecule has 5 atom stereocenters. The fraction of sp³-hybridized carbons (Fsp3) is 0.629. The lowest BCUT2D eigenvalue weighted by Gasteiger charge is -2.50. The van der Waals surface area contributed by atoms with Gasteiger partial charge in [0.1, 0.15) is 16.7 Å². The van der Waals surface area contributed by atoms with Gasteiger partial charge >= 0.3 is 0 Å². The lowest BCUT2D eigenvalue weighted by molar-refractivity contribution is -0.153. The van der Waals surface area contributed by atoms with Crippen LogP contribution in [-0.4, -0.2) is 108 Å². The summed E-state index contributed by atoms with van der Waals surface area (Å²) in [7, 11) is 1.64. The van der Waals surface area contributed by atoms with Crippen molar-refractivity contribution >= 4 is 35.0 Å². The van der Waals surface area contributed by atoms with Crippen molar-refractivity contribution in [2.75, 3.05) is 53.0 Å². The van der Waals surface area contributed by atoms with Gasteiger partial charge in [0.2, 0.25) is 17.7 Å². The third-order valence-electron chi connectivity index (χ3n) is 10.8. The number of amides is 4. The number of hydrogen-bond donors (Lipinski definition) is 1. The van der Waals surface area contributed by atoms with Crippen molar-refractivity contribution in [3.63, 3.8) is 0 Å². The van der Waals surface area contributed by atoms with E-state index in [9.17, 15) is 23.6 Å². The molecule has 3 saturated heterocycles. The molecule has 260 valence electrons.